The lowest BCUT2D eigenvalue weighted by molar-refractivity contribution is -0.132. The van der Waals surface area contributed by atoms with Crippen molar-refractivity contribution in [2.75, 3.05) is 26.2 Å². The van der Waals surface area contributed by atoms with Crippen LogP contribution in [0.5, 0.6) is 0 Å². The van der Waals surface area contributed by atoms with Crippen LogP contribution in [0.4, 0.5) is 0 Å². The van der Waals surface area contributed by atoms with Gasteiger partial charge in [-0.05, 0) is 18.4 Å². The Hall–Kier alpha value is -2.81. The second-order valence-corrected chi connectivity index (χ2v) is 9.65. The van der Waals surface area contributed by atoms with Crippen molar-refractivity contribution in [2.45, 2.75) is 19.9 Å². The van der Waals surface area contributed by atoms with E-state index in [9.17, 15) is 4.79 Å². The van der Waals surface area contributed by atoms with E-state index in [0.29, 0.717) is 5.89 Å². The largest absolute Gasteiger partial charge is 0.440 e. The monoisotopic (exact) mass is 464 g/mol. The zero-order valence-corrected chi connectivity index (χ0v) is 19.5. The van der Waals surface area contributed by atoms with Crippen molar-refractivity contribution >= 4 is 28.6 Å². The molecule has 1 aliphatic heterocycles. The molecule has 5 rings (SSSR count). The number of nitrogens with zero attached hydrogens (tertiary/aromatic N) is 4. The molecule has 6 nitrogen and oxygen atoms in total. The van der Waals surface area contributed by atoms with Crippen molar-refractivity contribution in [1.29, 1.82) is 0 Å². The lowest BCUT2D eigenvalue weighted by atomic mass is 10.2. The number of thiazole rings is 1. The number of aryl methyl sites for hydroxylation is 1. The summed E-state index contributed by atoms with van der Waals surface area (Å²) in [5.41, 5.74) is 2.98. The Morgan fingerprint density at radius 2 is 1.84 bits per heavy atom. The molecule has 1 aliphatic rings. The van der Waals surface area contributed by atoms with Crippen molar-refractivity contribution < 1.29 is 9.21 Å². The van der Waals surface area contributed by atoms with Gasteiger partial charge >= 0.3 is 0 Å². The fourth-order valence-corrected chi connectivity index (χ4v) is 5.30. The molecule has 0 saturated carbocycles. The zero-order valence-electron chi connectivity index (χ0n) is 17.9. The number of hydrogen-bond donors (Lipinski definition) is 0. The highest BCUT2D eigenvalue weighted by atomic mass is 32.1. The first-order valence-electron chi connectivity index (χ1n) is 10.7. The maximum Gasteiger partial charge on any atom is 0.236 e. The molecule has 164 valence electrons. The molecule has 1 saturated heterocycles. The maximum absolute atomic E-state index is 12.9. The molecule has 0 bridgehead atoms. The fourth-order valence-electron chi connectivity index (χ4n) is 3.83. The van der Waals surface area contributed by atoms with E-state index in [1.165, 1.54) is 0 Å². The number of amides is 1. The lowest BCUT2D eigenvalue weighted by Gasteiger charge is -2.34. The van der Waals surface area contributed by atoms with Gasteiger partial charge in [0.2, 0.25) is 11.8 Å². The number of thiophene rings is 1. The number of rotatable bonds is 6. The summed E-state index contributed by atoms with van der Waals surface area (Å²) < 4.78 is 5.78. The van der Waals surface area contributed by atoms with Gasteiger partial charge in [-0.2, -0.15) is 0 Å². The van der Waals surface area contributed by atoms with Gasteiger partial charge in [0, 0.05) is 43.7 Å². The van der Waals surface area contributed by atoms with Gasteiger partial charge in [0.15, 0.2) is 0 Å². The molecule has 1 aromatic carbocycles. The molecule has 0 aliphatic carbocycles. The van der Waals surface area contributed by atoms with Gasteiger partial charge in [-0.3, -0.25) is 9.69 Å². The van der Waals surface area contributed by atoms with Gasteiger partial charge in [0.1, 0.15) is 10.8 Å². The number of carbonyl (C=O) groups excluding carboxylic acids is 1. The Morgan fingerprint density at radius 3 is 2.59 bits per heavy atom. The van der Waals surface area contributed by atoms with E-state index in [2.05, 4.69) is 27.4 Å². The summed E-state index contributed by atoms with van der Waals surface area (Å²) in [6, 6.07) is 14.2. The van der Waals surface area contributed by atoms with E-state index in [1.807, 2.05) is 47.5 Å². The van der Waals surface area contributed by atoms with Crippen LogP contribution >= 0.6 is 22.7 Å². The highest BCUT2D eigenvalue weighted by molar-refractivity contribution is 7.13. The minimum Gasteiger partial charge on any atom is -0.440 e. The van der Waals surface area contributed by atoms with Crippen LogP contribution in [0.3, 0.4) is 0 Å². The Morgan fingerprint density at radius 1 is 1.03 bits per heavy atom. The number of benzene rings is 1. The standard InChI is InChI=1S/C24H24N4O2S2/c1-17-20(26-23(30-17)21-8-5-13-31-21)14-22(29)28-11-9-27(10-12-28)15-19-16-32-24(25-19)18-6-3-2-4-7-18/h2-8,13,16H,9-12,14-15H2,1H3. The summed E-state index contributed by atoms with van der Waals surface area (Å²) in [5.74, 6) is 1.43. The molecule has 0 atom stereocenters. The van der Waals surface area contributed by atoms with Crippen LogP contribution in [0.15, 0.2) is 57.6 Å². The molecule has 1 amide bonds. The minimum absolute atomic E-state index is 0.110. The number of aromatic nitrogens is 2. The van der Waals surface area contributed by atoms with E-state index < -0.39 is 0 Å². The SMILES string of the molecule is Cc1oc(-c2cccs2)nc1CC(=O)N1CCN(Cc2csc(-c3ccccc3)n2)CC1. The van der Waals surface area contributed by atoms with Crippen LogP contribution in [0.25, 0.3) is 21.3 Å². The predicted octanol–water partition coefficient (Wildman–Crippen LogP) is 4.72. The summed E-state index contributed by atoms with van der Waals surface area (Å²) in [6.45, 7) is 5.84. The van der Waals surface area contributed by atoms with Crippen molar-refractivity contribution in [3.05, 3.63) is 70.4 Å². The molecule has 0 spiro atoms. The molecular formula is C24H24N4O2S2. The first kappa shape index (κ1) is 21.1. The average molecular weight is 465 g/mol. The van der Waals surface area contributed by atoms with Gasteiger partial charge < -0.3 is 9.32 Å². The average Bonchev–Trinajstić information content (AvgIpc) is 3.57. The molecule has 4 aromatic rings. The number of piperazine rings is 1. The van der Waals surface area contributed by atoms with Crippen molar-refractivity contribution in [1.82, 2.24) is 19.8 Å². The molecule has 0 radical (unpaired) electrons. The Balaban J connectivity index is 1.14. The van der Waals surface area contributed by atoms with Gasteiger partial charge in [-0.1, -0.05) is 36.4 Å². The maximum atomic E-state index is 12.9. The van der Waals surface area contributed by atoms with Gasteiger partial charge in [-0.25, -0.2) is 9.97 Å². The first-order chi connectivity index (χ1) is 15.7. The molecule has 4 heterocycles. The quantitative estimate of drug-likeness (QED) is 0.413. The van der Waals surface area contributed by atoms with Crippen LogP contribution < -0.4 is 0 Å². The minimum atomic E-state index is 0.110. The highest BCUT2D eigenvalue weighted by Crippen LogP contribution is 2.27. The molecule has 0 unspecified atom stereocenters. The van der Waals surface area contributed by atoms with Gasteiger partial charge in [-0.15, -0.1) is 22.7 Å². The summed E-state index contributed by atoms with van der Waals surface area (Å²) in [6.07, 6.45) is 0.285. The molecule has 32 heavy (non-hydrogen) atoms. The summed E-state index contributed by atoms with van der Waals surface area (Å²) in [4.78, 5) is 27.5. The Bertz CT molecular complexity index is 1180. The van der Waals surface area contributed by atoms with Crippen molar-refractivity contribution in [3.63, 3.8) is 0 Å². The van der Waals surface area contributed by atoms with E-state index in [4.69, 9.17) is 9.40 Å². The lowest BCUT2D eigenvalue weighted by Crippen LogP contribution is -2.48. The zero-order chi connectivity index (χ0) is 21.9. The third kappa shape index (κ3) is 4.67. The second kappa shape index (κ2) is 9.36. The molecule has 0 N–H and O–H groups in total. The third-order valence-electron chi connectivity index (χ3n) is 5.63. The third-order valence-corrected chi connectivity index (χ3v) is 7.42. The summed E-state index contributed by atoms with van der Waals surface area (Å²) >= 11 is 3.27. The van der Waals surface area contributed by atoms with E-state index in [-0.39, 0.29) is 12.3 Å². The van der Waals surface area contributed by atoms with Crippen LogP contribution in [-0.2, 0) is 17.8 Å². The number of oxazole rings is 1. The topological polar surface area (TPSA) is 62.5 Å². The molecule has 1 fully saturated rings. The van der Waals surface area contributed by atoms with Crippen LogP contribution in [0.2, 0.25) is 0 Å². The molecular weight excluding hydrogens is 440 g/mol. The second-order valence-electron chi connectivity index (χ2n) is 7.84. The predicted molar refractivity (Wildman–Crippen MR) is 128 cm³/mol. The van der Waals surface area contributed by atoms with E-state index >= 15 is 0 Å². The van der Waals surface area contributed by atoms with Gasteiger partial charge in [0.05, 0.1) is 22.7 Å². The van der Waals surface area contributed by atoms with E-state index in [0.717, 1.165) is 65.3 Å². The molecule has 8 heteroatoms. The van der Waals surface area contributed by atoms with E-state index in [1.54, 1.807) is 22.7 Å². The van der Waals surface area contributed by atoms with Crippen molar-refractivity contribution in [2.24, 2.45) is 0 Å². The van der Waals surface area contributed by atoms with Crippen LogP contribution in [0, 0.1) is 6.92 Å². The van der Waals surface area contributed by atoms with Crippen LogP contribution in [-0.4, -0.2) is 51.9 Å². The van der Waals surface area contributed by atoms with Crippen LogP contribution in [0.1, 0.15) is 17.1 Å². The Labute approximate surface area is 195 Å². The number of carbonyl (C=O) groups is 1. The first-order valence-corrected chi connectivity index (χ1v) is 12.4. The van der Waals surface area contributed by atoms with Gasteiger partial charge in [0.25, 0.3) is 0 Å². The highest BCUT2D eigenvalue weighted by Gasteiger charge is 2.24. The number of hydrogen-bond acceptors (Lipinski definition) is 7. The molecule has 3 aromatic heterocycles. The Kier molecular flexibility index (Phi) is 6.16. The fraction of sp³-hybridized carbons (Fsp3) is 0.292. The normalized spacial score (nSPS) is 14.7. The summed E-state index contributed by atoms with van der Waals surface area (Å²) in [5, 5.41) is 5.19. The summed E-state index contributed by atoms with van der Waals surface area (Å²) in [7, 11) is 0. The smallest absolute Gasteiger partial charge is 0.236 e. The van der Waals surface area contributed by atoms with Crippen molar-refractivity contribution in [3.8, 4) is 21.3 Å².